The van der Waals surface area contributed by atoms with Crippen LogP contribution < -0.4 is 10.2 Å². The van der Waals surface area contributed by atoms with Crippen molar-refractivity contribution >= 4 is 5.69 Å². The molecule has 1 N–H and O–H groups in total. The summed E-state index contributed by atoms with van der Waals surface area (Å²) < 4.78 is 0. The van der Waals surface area contributed by atoms with E-state index >= 15 is 0 Å². The van der Waals surface area contributed by atoms with E-state index in [1.807, 2.05) is 0 Å². The van der Waals surface area contributed by atoms with Gasteiger partial charge < -0.3 is 10.2 Å². The molecule has 1 heterocycles. The maximum Gasteiger partial charge on any atom is 0.0415 e. The fourth-order valence-corrected chi connectivity index (χ4v) is 3.18. The minimum absolute atomic E-state index is 0.280. The van der Waals surface area contributed by atoms with Gasteiger partial charge in [-0.1, -0.05) is 25.1 Å². The summed E-state index contributed by atoms with van der Waals surface area (Å²) in [7, 11) is 0. The highest BCUT2D eigenvalue weighted by molar-refractivity contribution is 5.55. The van der Waals surface area contributed by atoms with Crippen LogP contribution in [0.2, 0.25) is 0 Å². The number of piperazine rings is 1. The number of para-hydroxylation sites is 1. The molecule has 0 bridgehead atoms. The van der Waals surface area contributed by atoms with Crippen LogP contribution >= 0.6 is 0 Å². The van der Waals surface area contributed by atoms with E-state index in [-0.39, 0.29) is 5.54 Å². The lowest BCUT2D eigenvalue weighted by Crippen LogP contribution is -2.53. The molecule has 1 aromatic carbocycles. The van der Waals surface area contributed by atoms with Crippen molar-refractivity contribution in [2.24, 2.45) is 0 Å². The molecule has 1 aliphatic rings. The van der Waals surface area contributed by atoms with E-state index in [4.69, 9.17) is 0 Å². The Morgan fingerprint density at radius 2 is 1.71 bits per heavy atom. The number of anilines is 1. The van der Waals surface area contributed by atoms with Gasteiger partial charge in [0.1, 0.15) is 0 Å². The summed E-state index contributed by atoms with van der Waals surface area (Å²) >= 11 is 0. The van der Waals surface area contributed by atoms with Gasteiger partial charge in [-0.3, -0.25) is 4.90 Å². The Kier molecular flexibility index (Phi) is 5.28. The zero-order valence-corrected chi connectivity index (χ0v) is 14.3. The molecule has 0 aliphatic carbocycles. The van der Waals surface area contributed by atoms with Gasteiger partial charge in [0.15, 0.2) is 0 Å². The van der Waals surface area contributed by atoms with Crippen molar-refractivity contribution < 1.29 is 0 Å². The Balaban J connectivity index is 2.10. The van der Waals surface area contributed by atoms with Crippen molar-refractivity contribution in [1.29, 1.82) is 0 Å². The number of hydrogen-bond donors (Lipinski definition) is 1. The maximum atomic E-state index is 3.54. The Morgan fingerprint density at radius 3 is 2.29 bits per heavy atom. The first-order valence-electron chi connectivity index (χ1n) is 8.25. The fourth-order valence-electron chi connectivity index (χ4n) is 3.18. The van der Waals surface area contributed by atoms with E-state index in [1.165, 1.54) is 11.3 Å². The van der Waals surface area contributed by atoms with Crippen LogP contribution in [-0.4, -0.2) is 43.2 Å². The molecule has 1 unspecified atom stereocenters. The Hall–Kier alpha value is -1.06. The van der Waals surface area contributed by atoms with Gasteiger partial charge in [0.05, 0.1) is 0 Å². The smallest absolute Gasteiger partial charge is 0.0415 e. The largest absolute Gasteiger partial charge is 0.369 e. The van der Waals surface area contributed by atoms with Crippen LogP contribution in [0.1, 0.15) is 46.2 Å². The third kappa shape index (κ3) is 3.98. The minimum atomic E-state index is 0.280. The lowest BCUT2D eigenvalue weighted by molar-refractivity contribution is 0.128. The molecule has 0 aromatic heterocycles. The van der Waals surface area contributed by atoms with Crippen LogP contribution in [0.5, 0.6) is 0 Å². The van der Waals surface area contributed by atoms with Crippen LogP contribution in [-0.2, 0) is 0 Å². The van der Waals surface area contributed by atoms with Crippen molar-refractivity contribution in [3.05, 3.63) is 29.8 Å². The average molecular weight is 289 g/mol. The molecular weight excluding hydrogens is 258 g/mol. The molecule has 2 rings (SSSR count). The molecule has 0 radical (unpaired) electrons. The molecule has 0 spiro atoms. The van der Waals surface area contributed by atoms with E-state index in [2.05, 4.69) is 74.0 Å². The molecule has 0 amide bonds. The van der Waals surface area contributed by atoms with E-state index < -0.39 is 0 Å². The highest BCUT2D eigenvalue weighted by Crippen LogP contribution is 2.28. The Morgan fingerprint density at radius 1 is 1.10 bits per heavy atom. The van der Waals surface area contributed by atoms with Gasteiger partial charge >= 0.3 is 0 Å². The minimum Gasteiger partial charge on any atom is -0.369 e. The molecule has 118 valence electrons. The van der Waals surface area contributed by atoms with Gasteiger partial charge in [-0.05, 0) is 45.9 Å². The first-order valence-corrected chi connectivity index (χ1v) is 8.25. The molecule has 21 heavy (non-hydrogen) atoms. The topological polar surface area (TPSA) is 18.5 Å². The van der Waals surface area contributed by atoms with Crippen LogP contribution in [0, 0.1) is 0 Å². The van der Waals surface area contributed by atoms with Crippen LogP contribution in [0.25, 0.3) is 0 Å². The number of rotatable bonds is 4. The van der Waals surface area contributed by atoms with Gasteiger partial charge in [0, 0.05) is 43.4 Å². The molecule has 1 saturated heterocycles. The number of benzene rings is 1. The zero-order valence-electron chi connectivity index (χ0n) is 14.3. The first-order chi connectivity index (χ1) is 9.93. The van der Waals surface area contributed by atoms with Crippen molar-refractivity contribution in [3.63, 3.8) is 0 Å². The summed E-state index contributed by atoms with van der Waals surface area (Å²) in [5.74, 6) is 0. The van der Waals surface area contributed by atoms with Crippen molar-refractivity contribution in [3.8, 4) is 0 Å². The fraction of sp³-hybridized carbons (Fsp3) is 0.667. The van der Waals surface area contributed by atoms with Gasteiger partial charge in [-0.15, -0.1) is 0 Å². The zero-order chi connectivity index (χ0) is 15.5. The molecule has 1 aliphatic heterocycles. The molecule has 0 saturated carbocycles. The number of nitrogens with one attached hydrogen (secondary N) is 1. The van der Waals surface area contributed by atoms with Crippen LogP contribution in [0.15, 0.2) is 24.3 Å². The normalized spacial score (nSPS) is 18.8. The highest BCUT2D eigenvalue weighted by atomic mass is 15.3. The summed E-state index contributed by atoms with van der Waals surface area (Å²) in [6, 6.07) is 9.26. The van der Waals surface area contributed by atoms with Crippen LogP contribution in [0.4, 0.5) is 5.69 Å². The van der Waals surface area contributed by atoms with E-state index in [9.17, 15) is 0 Å². The summed E-state index contributed by atoms with van der Waals surface area (Å²) in [5, 5.41) is 3.54. The van der Waals surface area contributed by atoms with Gasteiger partial charge in [-0.25, -0.2) is 0 Å². The second kappa shape index (κ2) is 6.80. The molecule has 3 nitrogen and oxygen atoms in total. The van der Waals surface area contributed by atoms with Crippen molar-refractivity contribution in [1.82, 2.24) is 10.2 Å². The van der Waals surface area contributed by atoms with E-state index in [1.54, 1.807) is 0 Å². The third-order valence-electron chi connectivity index (χ3n) is 4.48. The monoisotopic (exact) mass is 289 g/mol. The van der Waals surface area contributed by atoms with E-state index in [0.29, 0.717) is 6.04 Å². The second-order valence-electron chi connectivity index (χ2n) is 6.98. The number of hydrogen-bond acceptors (Lipinski definition) is 3. The summed E-state index contributed by atoms with van der Waals surface area (Å²) in [5.41, 5.74) is 3.10. The predicted octanol–water partition coefficient (Wildman–Crippen LogP) is 3.28. The SMILES string of the molecule is CCNC(C)c1ccccc1N1CCN(C(C)(C)C)CC1. The standard InChI is InChI=1S/C18H31N3/c1-6-19-15(2)16-9-7-8-10-17(16)20-11-13-21(14-12-20)18(3,4)5/h7-10,15,19H,6,11-14H2,1-5H3. The summed E-state index contributed by atoms with van der Waals surface area (Å²) in [6.07, 6.45) is 0. The van der Waals surface area contributed by atoms with Crippen LogP contribution in [0.3, 0.4) is 0 Å². The highest BCUT2D eigenvalue weighted by Gasteiger charge is 2.26. The van der Waals surface area contributed by atoms with Crippen molar-refractivity contribution in [2.75, 3.05) is 37.6 Å². The third-order valence-corrected chi connectivity index (χ3v) is 4.48. The molecular formula is C18H31N3. The van der Waals surface area contributed by atoms with Gasteiger partial charge in [0.25, 0.3) is 0 Å². The summed E-state index contributed by atoms with van der Waals surface area (Å²) in [6.45, 7) is 16.9. The van der Waals surface area contributed by atoms with Crippen molar-refractivity contribution in [2.45, 2.75) is 46.2 Å². The average Bonchev–Trinajstić information content (AvgIpc) is 2.47. The lowest BCUT2D eigenvalue weighted by Gasteiger charge is -2.43. The lowest BCUT2D eigenvalue weighted by atomic mass is 10.0. The maximum absolute atomic E-state index is 3.54. The molecule has 1 fully saturated rings. The molecule has 1 atom stereocenters. The predicted molar refractivity (Wildman–Crippen MR) is 92.1 cm³/mol. The summed E-state index contributed by atoms with van der Waals surface area (Å²) in [4.78, 5) is 5.13. The second-order valence-corrected chi connectivity index (χ2v) is 6.98. The first kappa shape index (κ1) is 16.3. The number of nitrogens with zero attached hydrogens (tertiary/aromatic N) is 2. The quantitative estimate of drug-likeness (QED) is 0.917. The van der Waals surface area contributed by atoms with Gasteiger partial charge in [-0.2, -0.15) is 0 Å². The Bertz CT molecular complexity index is 442. The van der Waals surface area contributed by atoms with E-state index in [0.717, 1.165) is 32.7 Å². The van der Waals surface area contributed by atoms with Gasteiger partial charge in [0.2, 0.25) is 0 Å². The molecule has 1 aromatic rings. The Labute approximate surface area is 130 Å². The molecule has 3 heteroatoms.